The van der Waals surface area contributed by atoms with Gasteiger partial charge in [-0.3, -0.25) is 4.79 Å². The molecule has 0 N–H and O–H groups in total. The van der Waals surface area contributed by atoms with E-state index in [0.29, 0.717) is 11.6 Å². The summed E-state index contributed by atoms with van der Waals surface area (Å²) in [6, 6.07) is 5.83. The maximum absolute atomic E-state index is 12.8. The van der Waals surface area contributed by atoms with Crippen molar-refractivity contribution in [2.75, 3.05) is 24.5 Å². The van der Waals surface area contributed by atoms with Crippen molar-refractivity contribution >= 4 is 34.7 Å². The van der Waals surface area contributed by atoms with Crippen LogP contribution in [0.5, 0.6) is 0 Å². The molecule has 1 atom stereocenters. The van der Waals surface area contributed by atoms with Crippen LogP contribution in [0.1, 0.15) is 16.9 Å². The Kier molecular flexibility index (Phi) is 3.99. The lowest BCUT2D eigenvalue weighted by Crippen LogP contribution is -2.40. The summed E-state index contributed by atoms with van der Waals surface area (Å²) < 4.78 is 0. The van der Waals surface area contributed by atoms with Gasteiger partial charge in [0.05, 0.1) is 10.9 Å². The Labute approximate surface area is 144 Å². The highest BCUT2D eigenvalue weighted by Crippen LogP contribution is 2.30. The number of thiophene rings is 1. The van der Waals surface area contributed by atoms with E-state index in [2.05, 4.69) is 21.3 Å². The van der Waals surface area contributed by atoms with Crippen LogP contribution < -0.4 is 4.90 Å². The predicted molar refractivity (Wildman–Crippen MR) is 93.0 cm³/mol. The molecular weight excluding hydrogens is 330 g/mol. The fourth-order valence-electron chi connectivity index (χ4n) is 3.46. The highest BCUT2D eigenvalue weighted by atomic mass is 35.5. The molecule has 1 saturated heterocycles. The van der Waals surface area contributed by atoms with E-state index >= 15 is 0 Å². The number of pyridine rings is 1. The van der Waals surface area contributed by atoms with Gasteiger partial charge >= 0.3 is 0 Å². The number of anilines is 1. The number of amides is 1. The molecule has 6 heteroatoms. The monoisotopic (exact) mass is 347 g/mol. The lowest BCUT2D eigenvalue weighted by molar-refractivity contribution is -0.135. The van der Waals surface area contributed by atoms with Gasteiger partial charge in [-0.15, -0.1) is 11.3 Å². The maximum atomic E-state index is 12.8. The molecule has 2 aromatic rings. The highest BCUT2D eigenvalue weighted by molar-refractivity contribution is 7.10. The molecule has 4 nitrogen and oxygen atoms in total. The zero-order chi connectivity index (χ0) is 15.8. The number of hydrogen-bond donors (Lipinski definition) is 0. The smallest absolute Gasteiger partial charge is 0.227 e. The Hall–Kier alpha value is -1.59. The number of fused-ring (bicyclic) bond motifs is 1. The van der Waals surface area contributed by atoms with Gasteiger partial charge in [-0.25, -0.2) is 4.98 Å². The summed E-state index contributed by atoms with van der Waals surface area (Å²) in [6.45, 7) is 3.15. The predicted octanol–water partition coefficient (Wildman–Crippen LogP) is 3.21. The molecule has 1 unspecified atom stereocenters. The average molecular weight is 348 g/mol. The molecule has 4 rings (SSSR count). The molecule has 1 fully saturated rings. The first-order valence-corrected chi connectivity index (χ1v) is 9.17. The second-order valence-electron chi connectivity index (χ2n) is 6.12. The van der Waals surface area contributed by atoms with Crippen LogP contribution in [-0.4, -0.2) is 35.4 Å². The van der Waals surface area contributed by atoms with Crippen LogP contribution in [0, 0.1) is 5.92 Å². The number of carbonyl (C=O) groups excluding carboxylic acids is 1. The van der Waals surface area contributed by atoms with Gasteiger partial charge in [-0.05, 0) is 42.0 Å². The van der Waals surface area contributed by atoms with Crippen molar-refractivity contribution in [2.45, 2.75) is 19.4 Å². The Bertz CT molecular complexity index is 732. The molecule has 120 valence electrons. The summed E-state index contributed by atoms with van der Waals surface area (Å²) in [5.41, 5.74) is 1.32. The molecule has 2 aromatic heterocycles. The van der Waals surface area contributed by atoms with Crippen molar-refractivity contribution in [1.29, 1.82) is 0 Å². The zero-order valence-corrected chi connectivity index (χ0v) is 14.3. The van der Waals surface area contributed by atoms with Crippen molar-refractivity contribution < 1.29 is 4.79 Å². The van der Waals surface area contributed by atoms with Crippen LogP contribution in [0.4, 0.5) is 5.82 Å². The van der Waals surface area contributed by atoms with Gasteiger partial charge in [-0.2, -0.15) is 0 Å². The van der Waals surface area contributed by atoms with Crippen LogP contribution in [0.2, 0.25) is 5.02 Å². The summed E-state index contributed by atoms with van der Waals surface area (Å²) in [7, 11) is 0. The van der Waals surface area contributed by atoms with Gasteiger partial charge < -0.3 is 9.80 Å². The molecule has 23 heavy (non-hydrogen) atoms. The highest BCUT2D eigenvalue weighted by Gasteiger charge is 2.33. The van der Waals surface area contributed by atoms with Crippen molar-refractivity contribution in [2.24, 2.45) is 5.92 Å². The van der Waals surface area contributed by atoms with E-state index in [-0.39, 0.29) is 11.8 Å². The first-order chi connectivity index (χ1) is 11.2. The number of halogens is 1. The van der Waals surface area contributed by atoms with E-state index in [1.54, 1.807) is 17.5 Å². The third kappa shape index (κ3) is 2.83. The number of nitrogens with zero attached hydrogens (tertiary/aromatic N) is 3. The van der Waals surface area contributed by atoms with E-state index in [1.165, 1.54) is 10.4 Å². The van der Waals surface area contributed by atoms with Crippen LogP contribution >= 0.6 is 22.9 Å². The summed E-state index contributed by atoms with van der Waals surface area (Å²) >= 11 is 8.03. The van der Waals surface area contributed by atoms with E-state index in [4.69, 9.17) is 11.6 Å². The Morgan fingerprint density at radius 1 is 1.35 bits per heavy atom. The standard InChI is InChI=1S/C17H18ClN3OS/c18-14-2-1-6-19-16(14)20-7-3-13(11-20)17(22)21-8-4-15-12(10-21)5-9-23-15/h1-2,5-6,9,13H,3-4,7-8,10-11H2. The average Bonchev–Trinajstić information content (AvgIpc) is 3.23. The second kappa shape index (κ2) is 6.13. The molecule has 0 bridgehead atoms. The summed E-state index contributed by atoms with van der Waals surface area (Å²) in [6.07, 6.45) is 3.61. The lowest BCUT2D eigenvalue weighted by Gasteiger charge is -2.29. The van der Waals surface area contributed by atoms with Crippen LogP contribution in [0.3, 0.4) is 0 Å². The van der Waals surface area contributed by atoms with Crippen LogP contribution in [-0.2, 0) is 17.8 Å². The van der Waals surface area contributed by atoms with Gasteiger partial charge in [0, 0.05) is 37.3 Å². The summed E-state index contributed by atoms with van der Waals surface area (Å²) in [4.78, 5) is 22.8. The van der Waals surface area contributed by atoms with Crippen molar-refractivity contribution in [3.63, 3.8) is 0 Å². The van der Waals surface area contributed by atoms with Gasteiger partial charge in [0.15, 0.2) is 0 Å². The minimum Gasteiger partial charge on any atom is -0.355 e. The summed E-state index contributed by atoms with van der Waals surface area (Å²) in [5, 5.41) is 2.78. The largest absolute Gasteiger partial charge is 0.355 e. The SMILES string of the molecule is O=C(C1CCN(c2ncccc2Cl)C1)N1CCc2sccc2C1. The topological polar surface area (TPSA) is 36.4 Å². The Morgan fingerprint density at radius 2 is 2.26 bits per heavy atom. The van der Waals surface area contributed by atoms with Crippen molar-refractivity contribution in [1.82, 2.24) is 9.88 Å². The maximum Gasteiger partial charge on any atom is 0.227 e. The first kappa shape index (κ1) is 15.0. The quantitative estimate of drug-likeness (QED) is 0.837. The van der Waals surface area contributed by atoms with Gasteiger partial charge in [0.1, 0.15) is 5.82 Å². The Balaban J connectivity index is 1.44. The molecular formula is C17H18ClN3OS. The minimum absolute atomic E-state index is 0.0493. The number of carbonyl (C=O) groups is 1. The molecule has 0 radical (unpaired) electrons. The van der Waals surface area contributed by atoms with E-state index in [0.717, 1.165) is 38.3 Å². The number of hydrogen-bond acceptors (Lipinski definition) is 4. The molecule has 0 aromatic carbocycles. The van der Waals surface area contributed by atoms with Gasteiger partial charge in [0.2, 0.25) is 5.91 Å². The van der Waals surface area contributed by atoms with E-state index < -0.39 is 0 Å². The van der Waals surface area contributed by atoms with Crippen molar-refractivity contribution in [3.05, 3.63) is 45.2 Å². The first-order valence-electron chi connectivity index (χ1n) is 7.92. The van der Waals surface area contributed by atoms with Crippen molar-refractivity contribution in [3.8, 4) is 0 Å². The minimum atomic E-state index is 0.0493. The third-order valence-electron chi connectivity index (χ3n) is 4.70. The molecule has 0 aliphatic carbocycles. The molecule has 1 amide bonds. The fourth-order valence-corrected chi connectivity index (χ4v) is 4.59. The number of rotatable bonds is 2. The molecule has 2 aliphatic heterocycles. The van der Waals surface area contributed by atoms with E-state index in [1.807, 2.05) is 17.0 Å². The zero-order valence-electron chi connectivity index (χ0n) is 12.7. The van der Waals surface area contributed by atoms with Crippen LogP contribution in [0.25, 0.3) is 0 Å². The van der Waals surface area contributed by atoms with E-state index in [9.17, 15) is 4.79 Å². The normalized spacial score (nSPS) is 20.7. The lowest BCUT2D eigenvalue weighted by atomic mass is 10.0. The van der Waals surface area contributed by atoms with Gasteiger partial charge in [-0.1, -0.05) is 11.6 Å². The second-order valence-corrected chi connectivity index (χ2v) is 7.53. The molecule has 2 aliphatic rings. The third-order valence-corrected chi connectivity index (χ3v) is 6.01. The molecule has 0 saturated carbocycles. The summed E-state index contributed by atoms with van der Waals surface area (Å²) in [5.74, 6) is 1.12. The van der Waals surface area contributed by atoms with Crippen LogP contribution in [0.15, 0.2) is 29.8 Å². The molecule has 4 heterocycles. The molecule has 0 spiro atoms. The number of aromatic nitrogens is 1. The van der Waals surface area contributed by atoms with Gasteiger partial charge in [0.25, 0.3) is 0 Å². The Morgan fingerprint density at radius 3 is 3.13 bits per heavy atom. The fraction of sp³-hybridized carbons (Fsp3) is 0.412.